The van der Waals surface area contributed by atoms with E-state index >= 15 is 0 Å². The van der Waals surface area contributed by atoms with E-state index in [1.165, 1.54) is 12.5 Å². The van der Waals surface area contributed by atoms with Crippen molar-refractivity contribution < 1.29 is 18.7 Å². The van der Waals surface area contributed by atoms with Crippen molar-refractivity contribution >= 4 is 50.7 Å². The summed E-state index contributed by atoms with van der Waals surface area (Å²) in [6, 6.07) is 19.7. The molecule has 1 heterocycles. The van der Waals surface area contributed by atoms with Gasteiger partial charge < -0.3 is 14.5 Å². The van der Waals surface area contributed by atoms with E-state index in [2.05, 4.69) is 26.2 Å². The first-order valence-electron chi connectivity index (χ1n) is 9.43. The molecular formula is C24H17BrN2O4. The highest BCUT2D eigenvalue weighted by Gasteiger charge is 2.08. The van der Waals surface area contributed by atoms with E-state index in [0.717, 1.165) is 21.3 Å². The van der Waals surface area contributed by atoms with Gasteiger partial charge in [0, 0.05) is 22.3 Å². The molecule has 6 nitrogen and oxygen atoms in total. The molecule has 154 valence electrons. The van der Waals surface area contributed by atoms with Gasteiger partial charge in [-0.25, -0.2) is 4.98 Å². The molecule has 0 fully saturated rings. The molecule has 0 aliphatic rings. The number of esters is 1. The van der Waals surface area contributed by atoms with E-state index in [4.69, 9.17) is 9.15 Å². The van der Waals surface area contributed by atoms with Gasteiger partial charge in [-0.05, 0) is 53.6 Å². The number of carbonyl (C=O) groups is 2. The number of nitrogens with one attached hydrogen (secondary N) is 1. The molecule has 0 aliphatic heterocycles. The minimum absolute atomic E-state index is 0.130. The number of amides is 1. The lowest BCUT2D eigenvalue weighted by atomic mass is 10.1. The summed E-state index contributed by atoms with van der Waals surface area (Å²) in [6.45, 7) is 0. The quantitative estimate of drug-likeness (QED) is 0.229. The van der Waals surface area contributed by atoms with E-state index in [1.807, 2.05) is 48.5 Å². The summed E-state index contributed by atoms with van der Waals surface area (Å²) in [4.78, 5) is 28.3. The van der Waals surface area contributed by atoms with Gasteiger partial charge in [0.25, 0.3) is 0 Å². The highest BCUT2D eigenvalue weighted by Crippen LogP contribution is 2.20. The number of carbonyl (C=O) groups excluding carboxylic acids is 2. The Balaban J connectivity index is 1.30. The van der Waals surface area contributed by atoms with Crippen LogP contribution in [0.5, 0.6) is 5.75 Å². The number of nitrogens with zero attached hydrogens (tertiary/aromatic N) is 1. The van der Waals surface area contributed by atoms with Gasteiger partial charge in [-0.3, -0.25) is 9.59 Å². The third kappa shape index (κ3) is 5.67. The third-order valence-corrected chi connectivity index (χ3v) is 4.93. The molecule has 1 N–H and O–H groups in total. The molecule has 0 aliphatic carbocycles. The van der Waals surface area contributed by atoms with Gasteiger partial charge in [0.15, 0.2) is 12.0 Å². The molecule has 1 amide bonds. The maximum absolute atomic E-state index is 12.2. The Morgan fingerprint density at radius 1 is 1.03 bits per heavy atom. The van der Waals surface area contributed by atoms with Crippen LogP contribution in [0.2, 0.25) is 0 Å². The molecule has 4 rings (SSSR count). The number of hydrogen-bond acceptors (Lipinski definition) is 5. The number of benzene rings is 3. The number of rotatable bonds is 6. The van der Waals surface area contributed by atoms with Crippen molar-refractivity contribution in [2.45, 2.75) is 6.42 Å². The summed E-state index contributed by atoms with van der Waals surface area (Å²) >= 11 is 3.36. The number of fused-ring (bicyclic) bond motifs is 1. The fourth-order valence-corrected chi connectivity index (χ4v) is 3.14. The topological polar surface area (TPSA) is 81.4 Å². The SMILES string of the molecule is O=C(C=Cc1ccc(CC(=O)Oc2ccc3ocnc3c2)cc1)Nc1ccc(Br)cc1. The zero-order valence-corrected chi connectivity index (χ0v) is 17.8. The Bertz CT molecular complexity index is 1240. The van der Waals surface area contributed by atoms with Gasteiger partial charge in [0.05, 0.1) is 6.42 Å². The average molecular weight is 477 g/mol. The zero-order valence-electron chi connectivity index (χ0n) is 16.2. The van der Waals surface area contributed by atoms with Crippen molar-refractivity contribution in [2.24, 2.45) is 0 Å². The smallest absolute Gasteiger partial charge is 0.315 e. The molecule has 4 aromatic rings. The molecule has 3 aromatic carbocycles. The van der Waals surface area contributed by atoms with E-state index in [0.29, 0.717) is 16.8 Å². The summed E-state index contributed by atoms with van der Waals surface area (Å²) in [5.41, 5.74) is 3.64. The van der Waals surface area contributed by atoms with Crippen LogP contribution in [-0.4, -0.2) is 16.9 Å². The minimum Gasteiger partial charge on any atom is -0.443 e. The largest absolute Gasteiger partial charge is 0.443 e. The van der Waals surface area contributed by atoms with Crippen LogP contribution in [0.25, 0.3) is 17.2 Å². The Hall–Kier alpha value is -3.71. The summed E-state index contributed by atoms with van der Waals surface area (Å²) in [7, 11) is 0. The van der Waals surface area contributed by atoms with E-state index in [-0.39, 0.29) is 18.3 Å². The lowest BCUT2D eigenvalue weighted by Crippen LogP contribution is -2.11. The maximum Gasteiger partial charge on any atom is 0.315 e. The van der Waals surface area contributed by atoms with Gasteiger partial charge in [-0.1, -0.05) is 40.2 Å². The fourth-order valence-electron chi connectivity index (χ4n) is 2.87. The Morgan fingerprint density at radius 3 is 2.58 bits per heavy atom. The molecule has 0 unspecified atom stereocenters. The number of halogens is 1. The monoisotopic (exact) mass is 476 g/mol. The van der Waals surface area contributed by atoms with Crippen LogP contribution in [0.15, 0.2) is 88.1 Å². The van der Waals surface area contributed by atoms with Crippen molar-refractivity contribution in [3.8, 4) is 5.75 Å². The predicted molar refractivity (Wildman–Crippen MR) is 122 cm³/mol. The second kappa shape index (κ2) is 9.40. The fraction of sp³-hybridized carbons (Fsp3) is 0.0417. The molecule has 0 bridgehead atoms. The first-order chi connectivity index (χ1) is 15.0. The Labute approximate surface area is 186 Å². The van der Waals surface area contributed by atoms with Crippen LogP contribution in [0.4, 0.5) is 5.69 Å². The first-order valence-corrected chi connectivity index (χ1v) is 10.2. The first kappa shape index (κ1) is 20.6. The van der Waals surface area contributed by atoms with Gasteiger partial charge in [0.1, 0.15) is 11.3 Å². The van der Waals surface area contributed by atoms with Crippen LogP contribution in [0.3, 0.4) is 0 Å². The summed E-state index contributed by atoms with van der Waals surface area (Å²) in [6.07, 6.45) is 4.65. The number of aromatic nitrogens is 1. The molecule has 0 saturated carbocycles. The van der Waals surface area contributed by atoms with Crippen LogP contribution in [0, 0.1) is 0 Å². The second-order valence-corrected chi connectivity index (χ2v) is 7.62. The third-order valence-electron chi connectivity index (χ3n) is 4.40. The average Bonchev–Trinajstić information content (AvgIpc) is 3.23. The molecular weight excluding hydrogens is 460 g/mol. The molecule has 1 aromatic heterocycles. The van der Waals surface area contributed by atoms with Crippen molar-refractivity contribution in [2.75, 3.05) is 5.32 Å². The van der Waals surface area contributed by atoms with Crippen molar-refractivity contribution in [1.29, 1.82) is 0 Å². The van der Waals surface area contributed by atoms with Crippen molar-refractivity contribution in [1.82, 2.24) is 4.98 Å². The van der Waals surface area contributed by atoms with Crippen molar-refractivity contribution in [3.05, 3.63) is 94.8 Å². The number of oxazole rings is 1. The summed E-state index contributed by atoms with van der Waals surface area (Å²) in [5, 5.41) is 2.79. The lowest BCUT2D eigenvalue weighted by Gasteiger charge is -2.05. The second-order valence-electron chi connectivity index (χ2n) is 6.70. The Kier molecular flexibility index (Phi) is 6.24. The standard InChI is InChI=1S/C24H17BrN2O4/c25-18-6-8-19(9-7-18)27-23(28)12-5-16-1-3-17(4-2-16)13-24(29)31-20-10-11-22-21(14-20)26-15-30-22/h1-12,14-15H,13H2,(H,27,28). The highest BCUT2D eigenvalue weighted by atomic mass is 79.9. The molecule has 0 saturated heterocycles. The molecule has 31 heavy (non-hydrogen) atoms. The number of hydrogen-bond donors (Lipinski definition) is 1. The highest BCUT2D eigenvalue weighted by molar-refractivity contribution is 9.10. The minimum atomic E-state index is -0.375. The normalized spacial score (nSPS) is 11.0. The summed E-state index contributed by atoms with van der Waals surface area (Å²) < 4.78 is 11.5. The molecule has 0 spiro atoms. The number of ether oxygens (including phenoxy) is 1. The molecule has 7 heteroatoms. The molecule has 0 atom stereocenters. The van der Waals surface area contributed by atoms with E-state index < -0.39 is 0 Å². The summed E-state index contributed by atoms with van der Waals surface area (Å²) in [5.74, 6) is -0.179. The van der Waals surface area contributed by atoms with Crippen LogP contribution >= 0.6 is 15.9 Å². The van der Waals surface area contributed by atoms with Crippen LogP contribution in [-0.2, 0) is 16.0 Å². The predicted octanol–water partition coefficient (Wildman–Crippen LogP) is 5.39. The van der Waals surface area contributed by atoms with E-state index in [1.54, 1.807) is 24.3 Å². The van der Waals surface area contributed by atoms with Crippen LogP contribution < -0.4 is 10.1 Å². The lowest BCUT2D eigenvalue weighted by molar-refractivity contribution is -0.133. The zero-order chi connectivity index (χ0) is 21.6. The van der Waals surface area contributed by atoms with Gasteiger partial charge >= 0.3 is 5.97 Å². The van der Waals surface area contributed by atoms with Gasteiger partial charge in [-0.2, -0.15) is 0 Å². The van der Waals surface area contributed by atoms with Gasteiger partial charge in [-0.15, -0.1) is 0 Å². The van der Waals surface area contributed by atoms with Crippen molar-refractivity contribution in [3.63, 3.8) is 0 Å². The van der Waals surface area contributed by atoms with E-state index in [9.17, 15) is 9.59 Å². The number of anilines is 1. The molecule has 0 radical (unpaired) electrons. The maximum atomic E-state index is 12.2. The van der Waals surface area contributed by atoms with Crippen LogP contribution in [0.1, 0.15) is 11.1 Å². The van der Waals surface area contributed by atoms with Gasteiger partial charge in [0.2, 0.25) is 5.91 Å². The Morgan fingerprint density at radius 2 is 1.81 bits per heavy atom.